The molecule has 0 aliphatic rings. The predicted molar refractivity (Wildman–Crippen MR) is 142 cm³/mol. The summed E-state index contributed by atoms with van der Waals surface area (Å²) in [6.45, 7) is -0.380. The van der Waals surface area contributed by atoms with Gasteiger partial charge in [0.1, 0.15) is 11.6 Å². The molecule has 36 heavy (non-hydrogen) atoms. The van der Waals surface area contributed by atoms with Crippen molar-refractivity contribution in [3.8, 4) is 17.6 Å². The smallest absolute Gasteiger partial charge is 0.266 e. The highest BCUT2D eigenvalue weighted by Gasteiger charge is 2.16. The van der Waals surface area contributed by atoms with Gasteiger partial charge >= 0.3 is 0 Å². The van der Waals surface area contributed by atoms with Crippen LogP contribution in [0.3, 0.4) is 0 Å². The molecule has 0 spiro atoms. The Bertz CT molecular complexity index is 1390. The quantitative estimate of drug-likeness (QED) is 0.229. The van der Waals surface area contributed by atoms with Gasteiger partial charge < -0.3 is 20.1 Å². The van der Waals surface area contributed by atoms with Gasteiger partial charge in [0, 0.05) is 5.69 Å². The minimum absolute atomic E-state index is 0.103. The van der Waals surface area contributed by atoms with Gasteiger partial charge in [0.05, 0.1) is 32.9 Å². The number of rotatable bonds is 8. The molecule has 0 radical (unpaired) electrons. The zero-order chi connectivity index (χ0) is 26.2. The number of nitrogens with zero attached hydrogens (tertiary/aromatic N) is 1. The van der Waals surface area contributed by atoms with Crippen molar-refractivity contribution >= 4 is 75.7 Å². The van der Waals surface area contributed by atoms with E-state index in [1.807, 2.05) is 6.07 Å². The van der Waals surface area contributed by atoms with Gasteiger partial charge in [-0.1, -0.05) is 58.5 Å². The van der Waals surface area contributed by atoms with Crippen molar-refractivity contribution in [3.05, 3.63) is 85.8 Å². The van der Waals surface area contributed by atoms with Crippen LogP contribution in [0.15, 0.2) is 60.2 Å². The standard InChI is InChI=1S/C25H17Cl4N3O4/c1-35-22-10-14(8-15(12-30)25(34)32-21-5-3-2-4-18(21)27)9-20(29)24(22)36-13-23(33)31-16-6-7-17(26)19(28)11-16/h2-11H,13H2,1H3,(H,31,33)(H,32,34)/b15-8+. The van der Waals surface area contributed by atoms with Gasteiger partial charge in [0.15, 0.2) is 18.1 Å². The summed E-state index contributed by atoms with van der Waals surface area (Å²) in [5.74, 6) is -0.821. The average molecular weight is 565 g/mol. The molecule has 2 N–H and O–H groups in total. The molecule has 0 unspecified atom stereocenters. The number of anilines is 2. The van der Waals surface area contributed by atoms with Crippen LogP contribution in [0, 0.1) is 11.3 Å². The number of carbonyl (C=O) groups is 2. The van der Waals surface area contributed by atoms with Crippen LogP contribution in [0.5, 0.6) is 11.5 Å². The number of nitriles is 1. The molecule has 11 heteroatoms. The Balaban J connectivity index is 1.74. The molecular weight excluding hydrogens is 548 g/mol. The number of hydrogen-bond acceptors (Lipinski definition) is 5. The lowest BCUT2D eigenvalue weighted by molar-refractivity contribution is -0.118. The summed E-state index contributed by atoms with van der Waals surface area (Å²) < 4.78 is 10.9. The first-order valence-electron chi connectivity index (χ1n) is 10.1. The summed E-state index contributed by atoms with van der Waals surface area (Å²) in [6.07, 6.45) is 1.33. The molecule has 3 aromatic rings. The van der Waals surface area contributed by atoms with E-state index in [0.717, 1.165) is 0 Å². The van der Waals surface area contributed by atoms with Crippen LogP contribution in [-0.2, 0) is 9.59 Å². The second kappa shape index (κ2) is 12.5. The molecule has 0 fully saturated rings. The highest BCUT2D eigenvalue weighted by Crippen LogP contribution is 2.37. The molecule has 0 heterocycles. The van der Waals surface area contributed by atoms with Crippen molar-refractivity contribution in [3.63, 3.8) is 0 Å². The molecule has 0 aliphatic carbocycles. The first kappa shape index (κ1) is 27.2. The highest BCUT2D eigenvalue weighted by molar-refractivity contribution is 6.42. The molecule has 0 aromatic heterocycles. The predicted octanol–water partition coefficient (Wildman–Crippen LogP) is 6.87. The van der Waals surface area contributed by atoms with Crippen molar-refractivity contribution in [1.29, 1.82) is 5.26 Å². The number of ether oxygens (including phenoxy) is 2. The number of amides is 2. The van der Waals surface area contributed by atoms with E-state index in [-0.39, 0.29) is 28.7 Å². The third kappa shape index (κ3) is 7.06. The number of halogens is 4. The summed E-state index contributed by atoms with van der Waals surface area (Å²) in [7, 11) is 1.39. The fourth-order valence-corrected chi connectivity index (χ4v) is 3.69. The van der Waals surface area contributed by atoms with Crippen LogP contribution in [0.4, 0.5) is 11.4 Å². The molecule has 7 nitrogen and oxygen atoms in total. The molecule has 0 saturated carbocycles. The van der Waals surface area contributed by atoms with Gasteiger partial charge in [-0.15, -0.1) is 0 Å². The number of carbonyl (C=O) groups excluding carboxylic acids is 2. The van der Waals surface area contributed by atoms with E-state index < -0.39 is 11.8 Å². The Morgan fingerprint density at radius 3 is 2.36 bits per heavy atom. The Kier molecular flexibility index (Phi) is 9.45. The third-order valence-electron chi connectivity index (χ3n) is 4.60. The van der Waals surface area contributed by atoms with E-state index in [9.17, 15) is 14.9 Å². The Morgan fingerprint density at radius 1 is 0.944 bits per heavy atom. The molecule has 3 rings (SSSR count). The maximum atomic E-state index is 12.6. The van der Waals surface area contributed by atoms with Crippen LogP contribution < -0.4 is 20.1 Å². The molecule has 0 aliphatic heterocycles. The van der Waals surface area contributed by atoms with E-state index in [0.29, 0.717) is 32.0 Å². The zero-order valence-electron chi connectivity index (χ0n) is 18.6. The summed E-state index contributed by atoms with van der Waals surface area (Å²) in [5.41, 5.74) is 1.01. The molecule has 0 atom stereocenters. The average Bonchev–Trinajstić information content (AvgIpc) is 2.85. The molecule has 184 valence electrons. The lowest BCUT2D eigenvalue weighted by Crippen LogP contribution is -2.20. The molecule has 2 amide bonds. The van der Waals surface area contributed by atoms with Gasteiger partial charge in [0.2, 0.25) is 0 Å². The number of hydrogen-bond donors (Lipinski definition) is 2. The fourth-order valence-electron chi connectivity index (χ4n) is 2.94. The van der Waals surface area contributed by atoms with E-state index in [2.05, 4.69) is 10.6 Å². The minimum Gasteiger partial charge on any atom is -0.493 e. The Labute approximate surface area is 227 Å². The minimum atomic E-state index is -0.653. The lowest BCUT2D eigenvalue weighted by Gasteiger charge is -2.14. The van der Waals surface area contributed by atoms with E-state index >= 15 is 0 Å². The largest absolute Gasteiger partial charge is 0.493 e. The first-order chi connectivity index (χ1) is 17.2. The van der Waals surface area contributed by atoms with Gasteiger partial charge in [-0.3, -0.25) is 9.59 Å². The van der Waals surface area contributed by atoms with Crippen molar-refractivity contribution in [1.82, 2.24) is 0 Å². The van der Waals surface area contributed by atoms with E-state index in [1.54, 1.807) is 36.4 Å². The third-order valence-corrected chi connectivity index (χ3v) is 5.95. The Morgan fingerprint density at radius 2 is 1.69 bits per heavy atom. The van der Waals surface area contributed by atoms with Crippen LogP contribution in [0.1, 0.15) is 5.56 Å². The topological polar surface area (TPSA) is 100 Å². The highest BCUT2D eigenvalue weighted by atomic mass is 35.5. The molecule has 3 aromatic carbocycles. The second-order valence-corrected chi connectivity index (χ2v) is 8.73. The Hall–Kier alpha value is -3.41. The summed E-state index contributed by atoms with van der Waals surface area (Å²) in [5, 5.41) is 15.8. The SMILES string of the molecule is COc1cc(/C=C(\C#N)C(=O)Nc2ccccc2Cl)cc(Cl)c1OCC(=O)Nc1ccc(Cl)c(Cl)c1. The van der Waals surface area contributed by atoms with Crippen LogP contribution >= 0.6 is 46.4 Å². The monoisotopic (exact) mass is 563 g/mol. The van der Waals surface area contributed by atoms with Crippen molar-refractivity contribution in [2.24, 2.45) is 0 Å². The van der Waals surface area contributed by atoms with Gasteiger partial charge in [0.25, 0.3) is 11.8 Å². The van der Waals surface area contributed by atoms with E-state index in [4.69, 9.17) is 55.9 Å². The second-order valence-electron chi connectivity index (χ2n) is 7.10. The van der Waals surface area contributed by atoms with Crippen LogP contribution in [0.2, 0.25) is 20.1 Å². The molecule has 0 saturated heterocycles. The number of para-hydroxylation sites is 1. The molecular formula is C25H17Cl4N3O4. The maximum absolute atomic E-state index is 12.6. The summed E-state index contributed by atoms with van der Waals surface area (Å²) in [6, 6.07) is 16.1. The number of nitrogens with one attached hydrogen (secondary N) is 2. The number of benzene rings is 3. The maximum Gasteiger partial charge on any atom is 0.266 e. The summed E-state index contributed by atoms with van der Waals surface area (Å²) >= 11 is 24.2. The normalized spacial score (nSPS) is 10.8. The van der Waals surface area contributed by atoms with E-state index in [1.165, 1.54) is 31.4 Å². The molecule has 0 bridgehead atoms. The lowest BCUT2D eigenvalue weighted by atomic mass is 10.1. The van der Waals surface area contributed by atoms with Crippen LogP contribution in [-0.4, -0.2) is 25.5 Å². The first-order valence-corrected chi connectivity index (χ1v) is 11.7. The van der Waals surface area contributed by atoms with Gasteiger partial charge in [-0.25, -0.2) is 0 Å². The fraction of sp³-hybridized carbons (Fsp3) is 0.0800. The number of methoxy groups -OCH3 is 1. The van der Waals surface area contributed by atoms with Crippen molar-refractivity contribution in [2.75, 3.05) is 24.4 Å². The van der Waals surface area contributed by atoms with Gasteiger partial charge in [-0.05, 0) is 54.1 Å². The van der Waals surface area contributed by atoms with Gasteiger partial charge in [-0.2, -0.15) is 5.26 Å². The van der Waals surface area contributed by atoms with Crippen molar-refractivity contribution < 1.29 is 19.1 Å². The van der Waals surface area contributed by atoms with Crippen molar-refractivity contribution in [2.45, 2.75) is 0 Å². The zero-order valence-corrected chi connectivity index (χ0v) is 21.6. The summed E-state index contributed by atoms with van der Waals surface area (Å²) in [4.78, 5) is 24.9. The van der Waals surface area contributed by atoms with Crippen LogP contribution in [0.25, 0.3) is 6.08 Å².